The van der Waals surface area contributed by atoms with Crippen LogP contribution in [0.5, 0.6) is 0 Å². The normalized spacial score (nSPS) is 24.0. The largest absolute Gasteiger partial charge is 0.393 e. The smallest absolute Gasteiger partial charge is 0.0972 e. The van der Waals surface area contributed by atoms with Crippen LogP contribution >= 0.6 is 0 Å². The molecular formula is C10H21NO2. The van der Waals surface area contributed by atoms with Crippen LogP contribution in [0.4, 0.5) is 0 Å². The highest BCUT2D eigenvalue weighted by Crippen LogP contribution is 2.33. The van der Waals surface area contributed by atoms with Crippen LogP contribution in [0, 0.1) is 5.92 Å². The predicted octanol–water partition coefficient (Wildman–Crippen LogP) is 0.508. The van der Waals surface area contributed by atoms with Gasteiger partial charge in [-0.1, -0.05) is 12.8 Å². The number of aliphatic hydroxyl groups is 2. The summed E-state index contributed by atoms with van der Waals surface area (Å²) in [6.45, 7) is 4.06. The molecule has 0 aromatic carbocycles. The second-order valence-electron chi connectivity index (χ2n) is 4.62. The maximum atomic E-state index is 9.51. The molecule has 0 spiro atoms. The third kappa shape index (κ3) is 4.60. The average molecular weight is 187 g/mol. The first-order valence-electron chi connectivity index (χ1n) is 5.10. The fourth-order valence-corrected chi connectivity index (χ4v) is 1.39. The monoisotopic (exact) mass is 187 g/mol. The van der Waals surface area contributed by atoms with Crippen LogP contribution in [0.3, 0.4) is 0 Å². The predicted molar refractivity (Wildman–Crippen MR) is 52.5 cm³/mol. The van der Waals surface area contributed by atoms with E-state index in [1.165, 1.54) is 19.3 Å². The number of nitrogens with one attached hydrogen (secondary N) is 1. The van der Waals surface area contributed by atoms with E-state index in [1.807, 2.05) is 0 Å². The first-order chi connectivity index (χ1) is 6.03. The van der Waals surface area contributed by atoms with Gasteiger partial charge in [-0.25, -0.2) is 0 Å². The average Bonchev–Trinajstić information content (AvgIpc) is 2.85. The fourth-order valence-electron chi connectivity index (χ4n) is 1.39. The minimum absolute atomic E-state index is 0.184. The fraction of sp³-hybridized carbons (Fsp3) is 1.00. The van der Waals surface area contributed by atoms with E-state index in [9.17, 15) is 5.11 Å². The molecule has 0 radical (unpaired) electrons. The van der Waals surface area contributed by atoms with Gasteiger partial charge in [0.2, 0.25) is 0 Å². The Morgan fingerprint density at radius 3 is 2.62 bits per heavy atom. The summed E-state index contributed by atoms with van der Waals surface area (Å²) < 4.78 is 0. The summed E-state index contributed by atoms with van der Waals surface area (Å²) in [6.07, 6.45) is 3.92. The van der Waals surface area contributed by atoms with Gasteiger partial charge in [0, 0.05) is 12.6 Å². The minimum Gasteiger partial charge on any atom is -0.393 e. The lowest BCUT2D eigenvalue weighted by Gasteiger charge is -2.23. The molecule has 3 N–H and O–H groups in total. The van der Waals surface area contributed by atoms with Gasteiger partial charge in [-0.05, 0) is 26.2 Å². The molecule has 3 heteroatoms. The van der Waals surface area contributed by atoms with Gasteiger partial charge in [-0.2, -0.15) is 0 Å². The molecule has 0 aliphatic heterocycles. The molecule has 0 bridgehead atoms. The lowest BCUT2D eigenvalue weighted by atomic mass is 10.1. The van der Waals surface area contributed by atoms with Crippen molar-refractivity contribution < 1.29 is 10.2 Å². The van der Waals surface area contributed by atoms with Crippen LogP contribution in [0.15, 0.2) is 0 Å². The zero-order valence-corrected chi connectivity index (χ0v) is 8.58. The summed E-state index contributed by atoms with van der Waals surface area (Å²) in [5.41, 5.74) is -0.974. The zero-order chi connectivity index (χ0) is 9.90. The first kappa shape index (κ1) is 11.0. The molecule has 2 unspecified atom stereocenters. The second-order valence-corrected chi connectivity index (χ2v) is 4.62. The molecule has 1 rings (SSSR count). The molecule has 2 atom stereocenters. The third-order valence-corrected chi connectivity index (χ3v) is 2.56. The molecule has 0 saturated heterocycles. The van der Waals surface area contributed by atoms with Crippen LogP contribution < -0.4 is 5.32 Å². The van der Waals surface area contributed by atoms with Crippen molar-refractivity contribution in [3.63, 3.8) is 0 Å². The van der Waals surface area contributed by atoms with E-state index in [4.69, 9.17) is 5.11 Å². The maximum absolute atomic E-state index is 9.51. The summed E-state index contributed by atoms with van der Waals surface area (Å²) in [5.74, 6) is 0.904. The Kier molecular flexibility index (Phi) is 3.71. The Bertz CT molecular complexity index is 155. The molecular weight excluding hydrogens is 166 g/mol. The zero-order valence-electron chi connectivity index (χ0n) is 8.58. The van der Waals surface area contributed by atoms with Crippen LogP contribution in [-0.4, -0.2) is 35.0 Å². The molecule has 1 saturated carbocycles. The van der Waals surface area contributed by atoms with Gasteiger partial charge >= 0.3 is 0 Å². The van der Waals surface area contributed by atoms with Crippen LogP contribution in [0.2, 0.25) is 0 Å². The molecule has 0 aromatic heterocycles. The van der Waals surface area contributed by atoms with Gasteiger partial charge in [0.15, 0.2) is 0 Å². The summed E-state index contributed by atoms with van der Waals surface area (Å²) >= 11 is 0. The standard InChI is InChI=1S/C10H21NO2/c1-8(5-9-3-4-9)11-6-10(2,13)7-12/h8-9,11-13H,3-7H2,1-2H3. The van der Waals surface area contributed by atoms with E-state index in [0.717, 1.165) is 5.92 Å². The second kappa shape index (κ2) is 4.40. The summed E-state index contributed by atoms with van der Waals surface area (Å²) in [7, 11) is 0. The van der Waals surface area contributed by atoms with Crippen molar-refractivity contribution in [1.82, 2.24) is 5.32 Å². The van der Waals surface area contributed by atoms with E-state index in [0.29, 0.717) is 12.6 Å². The van der Waals surface area contributed by atoms with E-state index in [1.54, 1.807) is 6.92 Å². The van der Waals surface area contributed by atoms with Gasteiger partial charge < -0.3 is 15.5 Å². The van der Waals surface area contributed by atoms with Crippen molar-refractivity contribution in [1.29, 1.82) is 0 Å². The van der Waals surface area contributed by atoms with E-state index in [2.05, 4.69) is 12.2 Å². The Morgan fingerprint density at radius 1 is 1.54 bits per heavy atom. The summed E-state index contributed by atoms with van der Waals surface area (Å²) in [6, 6.07) is 0.450. The van der Waals surface area contributed by atoms with Crippen molar-refractivity contribution in [2.45, 2.75) is 44.8 Å². The van der Waals surface area contributed by atoms with E-state index in [-0.39, 0.29) is 6.61 Å². The summed E-state index contributed by atoms with van der Waals surface area (Å²) in [5, 5.41) is 21.6. The van der Waals surface area contributed by atoms with Gasteiger partial charge in [0.25, 0.3) is 0 Å². The minimum atomic E-state index is -0.974. The SMILES string of the molecule is CC(CC1CC1)NCC(C)(O)CO. The van der Waals surface area contributed by atoms with Crippen molar-refractivity contribution in [2.75, 3.05) is 13.2 Å². The van der Waals surface area contributed by atoms with Crippen LogP contribution in [0.25, 0.3) is 0 Å². The topological polar surface area (TPSA) is 52.5 Å². The highest BCUT2D eigenvalue weighted by atomic mass is 16.3. The number of rotatable bonds is 6. The highest BCUT2D eigenvalue weighted by Gasteiger charge is 2.25. The Labute approximate surface area is 80.2 Å². The van der Waals surface area contributed by atoms with Gasteiger partial charge in [-0.3, -0.25) is 0 Å². The van der Waals surface area contributed by atoms with E-state index < -0.39 is 5.60 Å². The first-order valence-corrected chi connectivity index (χ1v) is 5.10. The maximum Gasteiger partial charge on any atom is 0.0972 e. The third-order valence-electron chi connectivity index (χ3n) is 2.56. The lowest BCUT2D eigenvalue weighted by Crippen LogP contribution is -2.44. The summed E-state index contributed by atoms with van der Waals surface area (Å²) in [4.78, 5) is 0. The Balaban J connectivity index is 2.09. The molecule has 13 heavy (non-hydrogen) atoms. The van der Waals surface area contributed by atoms with Gasteiger partial charge in [0.1, 0.15) is 0 Å². The molecule has 0 aromatic rings. The highest BCUT2D eigenvalue weighted by molar-refractivity contribution is 4.81. The Hall–Kier alpha value is -0.120. The van der Waals surface area contributed by atoms with Crippen molar-refractivity contribution >= 4 is 0 Å². The van der Waals surface area contributed by atoms with Crippen molar-refractivity contribution in [2.24, 2.45) is 5.92 Å². The molecule has 78 valence electrons. The number of hydrogen-bond donors (Lipinski definition) is 3. The molecule has 1 aliphatic rings. The van der Waals surface area contributed by atoms with E-state index >= 15 is 0 Å². The molecule has 1 fully saturated rings. The Morgan fingerprint density at radius 2 is 2.15 bits per heavy atom. The molecule has 0 amide bonds. The van der Waals surface area contributed by atoms with Gasteiger partial charge in [-0.15, -0.1) is 0 Å². The van der Waals surface area contributed by atoms with Crippen LogP contribution in [-0.2, 0) is 0 Å². The molecule has 1 aliphatic carbocycles. The molecule has 3 nitrogen and oxygen atoms in total. The molecule has 0 heterocycles. The lowest BCUT2D eigenvalue weighted by molar-refractivity contribution is 0.000836. The van der Waals surface area contributed by atoms with Gasteiger partial charge in [0.05, 0.1) is 12.2 Å². The quantitative estimate of drug-likeness (QED) is 0.568. The number of hydrogen-bond acceptors (Lipinski definition) is 3. The van der Waals surface area contributed by atoms with Crippen molar-refractivity contribution in [3.05, 3.63) is 0 Å². The number of aliphatic hydroxyl groups excluding tert-OH is 1. The van der Waals surface area contributed by atoms with Crippen LogP contribution in [0.1, 0.15) is 33.1 Å². The van der Waals surface area contributed by atoms with Crippen molar-refractivity contribution in [3.8, 4) is 0 Å².